The number of nitrogens with one attached hydrogen (secondary N) is 1. The molecular formula is C16H23FN2O2. The first-order valence-corrected chi connectivity index (χ1v) is 7.43. The molecule has 0 amide bonds. The van der Waals surface area contributed by atoms with Crippen LogP contribution in [-0.2, 0) is 11.3 Å². The van der Waals surface area contributed by atoms with Crippen molar-refractivity contribution in [1.29, 1.82) is 0 Å². The highest BCUT2D eigenvalue weighted by molar-refractivity contribution is 5.69. The number of nitrogens with zero attached hydrogens (tertiary/aromatic N) is 1. The number of hydrogen-bond donors (Lipinski definition) is 2. The van der Waals surface area contributed by atoms with Gasteiger partial charge in [-0.25, -0.2) is 4.39 Å². The highest BCUT2D eigenvalue weighted by Crippen LogP contribution is 2.26. The first kappa shape index (κ1) is 15.9. The van der Waals surface area contributed by atoms with Gasteiger partial charge in [-0.2, -0.15) is 0 Å². The molecule has 1 aromatic rings. The maximum absolute atomic E-state index is 13.2. The van der Waals surface area contributed by atoms with E-state index in [1.54, 1.807) is 12.1 Å². The van der Waals surface area contributed by atoms with Crippen molar-refractivity contribution in [3.8, 4) is 0 Å². The highest BCUT2D eigenvalue weighted by atomic mass is 19.1. The molecule has 1 aliphatic carbocycles. The van der Waals surface area contributed by atoms with Crippen LogP contribution in [0.15, 0.2) is 18.2 Å². The van der Waals surface area contributed by atoms with Crippen LogP contribution < -0.4 is 5.32 Å². The molecule has 0 unspecified atom stereocenters. The summed E-state index contributed by atoms with van der Waals surface area (Å²) in [6.07, 6.45) is 1.91. The summed E-state index contributed by atoms with van der Waals surface area (Å²) in [4.78, 5) is 12.8. The van der Waals surface area contributed by atoms with E-state index >= 15 is 0 Å². The van der Waals surface area contributed by atoms with Crippen LogP contribution in [0.1, 0.15) is 30.9 Å². The van der Waals surface area contributed by atoms with Crippen LogP contribution in [0.5, 0.6) is 0 Å². The van der Waals surface area contributed by atoms with E-state index in [2.05, 4.69) is 5.32 Å². The van der Waals surface area contributed by atoms with Gasteiger partial charge in [-0.1, -0.05) is 13.0 Å². The zero-order valence-corrected chi connectivity index (χ0v) is 12.6. The Hall–Kier alpha value is -1.46. The molecule has 0 aliphatic heterocycles. The second-order valence-corrected chi connectivity index (χ2v) is 5.73. The topological polar surface area (TPSA) is 52.6 Å². The maximum atomic E-state index is 13.2. The van der Waals surface area contributed by atoms with Gasteiger partial charge in [0.05, 0.1) is 6.54 Å². The van der Waals surface area contributed by atoms with E-state index in [-0.39, 0.29) is 12.4 Å². The van der Waals surface area contributed by atoms with Gasteiger partial charge in [0.25, 0.3) is 0 Å². The van der Waals surface area contributed by atoms with E-state index in [4.69, 9.17) is 5.11 Å². The average Bonchev–Trinajstić information content (AvgIpc) is 2.38. The van der Waals surface area contributed by atoms with Crippen LogP contribution in [0.25, 0.3) is 0 Å². The standard InChI is InChI=1S/C16H23FN2O2/c1-3-19(10-16(20)21)15-7-14(8-15)18-9-12-6-13(17)5-4-11(12)2/h4-6,14-15,18H,3,7-10H2,1-2H3,(H,20,21). The average molecular weight is 294 g/mol. The number of carboxylic acids is 1. The molecule has 2 N–H and O–H groups in total. The Labute approximate surface area is 125 Å². The van der Waals surface area contributed by atoms with Crippen molar-refractivity contribution in [3.63, 3.8) is 0 Å². The summed E-state index contributed by atoms with van der Waals surface area (Å²) in [6, 6.07) is 5.57. The van der Waals surface area contributed by atoms with Crippen LogP contribution in [0, 0.1) is 12.7 Å². The number of rotatable bonds is 7. The lowest BCUT2D eigenvalue weighted by Gasteiger charge is -2.42. The van der Waals surface area contributed by atoms with Crippen molar-refractivity contribution in [2.45, 2.75) is 45.3 Å². The summed E-state index contributed by atoms with van der Waals surface area (Å²) >= 11 is 0. The number of likely N-dealkylation sites (N-methyl/N-ethyl adjacent to an activating group) is 1. The summed E-state index contributed by atoms with van der Waals surface area (Å²) in [5.74, 6) is -0.980. The predicted octanol–water partition coefficient (Wildman–Crippen LogP) is 2.16. The van der Waals surface area contributed by atoms with Crippen LogP contribution in [0.4, 0.5) is 4.39 Å². The smallest absolute Gasteiger partial charge is 0.317 e. The van der Waals surface area contributed by atoms with Gasteiger partial charge in [-0.3, -0.25) is 9.69 Å². The van der Waals surface area contributed by atoms with E-state index in [1.165, 1.54) is 6.07 Å². The molecular weight excluding hydrogens is 271 g/mol. The number of carbonyl (C=O) groups is 1. The third kappa shape index (κ3) is 4.25. The molecule has 0 radical (unpaired) electrons. The van der Waals surface area contributed by atoms with Gasteiger partial charge in [-0.15, -0.1) is 0 Å². The Bertz CT molecular complexity index is 501. The lowest BCUT2D eigenvalue weighted by atomic mass is 9.85. The van der Waals surface area contributed by atoms with Crippen molar-refractivity contribution >= 4 is 5.97 Å². The zero-order chi connectivity index (χ0) is 15.4. The Morgan fingerprint density at radius 2 is 2.19 bits per heavy atom. The first-order chi connectivity index (χ1) is 9.99. The fourth-order valence-electron chi connectivity index (χ4n) is 2.81. The quantitative estimate of drug-likeness (QED) is 0.809. The van der Waals surface area contributed by atoms with Crippen LogP contribution >= 0.6 is 0 Å². The summed E-state index contributed by atoms with van der Waals surface area (Å²) in [6.45, 7) is 5.49. The fourth-order valence-corrected chi connectivity index (χ4v) is 2.81. The Balaban J connectivity index is 1.77. The van der Waals surface area contributed by atoms with Gasteiger partial charge in [-0.05, 0) is 49.6 Å². The van der Waals surface area contributed by atoms with Crippen molar-refractivity contribution in [2.24, 2.45) is 0 Å². The normalized spacial score (nSPS) is 21.3. The van der Waals surface area contributed by atoms with Gasteiger partial charge in [0.2, 0.25) is 0 Å². The Morgan fingerprint density at radius 1 is 1.48 bits per heavy atom. The monoisotopic (exact) mass is 294 g/mol. The Morgan fingerprint density at radius 3 is 2.81 bits per heavy atom. The summed E-state index contributed by atoms with van der Waals surface area (Å²) in [7, 11) is 0. The van der Waals surface area contributed by atoms with Crippen molar-refractivity contribution in [1.82, 2.24) is 10.2 Å². The highest BCUT2D eigenvalue weighted by Gasteiger charge is 2.33. The molecule has 0 bridgehead atoms. The summed E-state index contributed by atoms with van der Waals surface area (Å²) in [5, 5.41) is 12.3. The molecule has 0 heterocycles. The molecule has 5 heteroatoms. The zero-order valence-electron chi connectivity index (χ0n) is 12.6. The van der Waals surface area contributed by atoms with Gasteiger partial charge in [0.15, 0.2) is 0 Å². The third-order valence-corrected chi connectivity index (χ3v) is 4.27. The van der Waals surface area contributed by atoms with Crippen LogP contribution in [0.3, 0.4) is 0 Å². The van der Waals surface area contributed by atoms with Gasteiger partial charge < -0.3 is 10.4 Å². The molecule has 0 aromatic heterocycles. The van der Waals surface area contributed by atoms with Gasteiger partial charge >= 0.3 is 5.97 Å². The minimum atomic E-state index is -0.774. The second-order valence-electron chi connectivity index (χ2n) is 5.73. The summed E-state index contributed by atoms with van der Waals surface area (Å²) in [5.41, 5.74) is 2.07. The minimum absolute atomic E-state index is 0.108. The molecule has 0 spiro atoms. The van der Waals surface area contributed by atoms with Gasteiger partial charge in [0.1, 0.15) is 5.82 Å². The van der Waals surface area contributed by atoms with Crippen molar-refractivity contribution < 1.29 is 14.3 Å². The molecule has 1 aromatic carbocycles. The molecule has 1 aliphatic rings. The molecule has 1 saturated carbocycles. The first-order valence-electron chi connectivity index (χ1n) is 7.43. The molecule has 0 saturated heterocycles. The van der Waals surface area contributed by atoms with Crippen molar-refractivity contribution in [3.05, 3.63) is 35.1 Å². The SMILES string of the molecule is CCN(CC(=O)O)C1CC(NCc2cc(F)ccc2C)C1. The number of halogens is 1. The number of hydrogen-bond acceptors (Lipinski definition) is 3. The minimum Gasteiger partial charge on any atom is -0.480 e. The molecule has 2 rings (SSSR count). The van der Waals surface area contributed by atoms with Crippen molar-refractivity contribution in [2.75, 3.05) is 13.1 Å². The number of carboxylic acid groups (broad SMARTS) is 1. The van der Waals surface area contributed by atoms with E-state index in [1.807, 2.05) is 18.7 Å². The van der Waals surface area contributed by atoms with Crippen LogP contribution in [-0.4, -0.2) is 41.1 Å². The van der Waals surface area contributed by atoms with E-state index in [0.717, 1.165) is 30.5 Å². The van der Waals surface area contributed by atoms with Crippen LogP contribution in [0.2, 0.25) is 0 Å². The van der Waals surface area contributed by atoms with E-state index < -0.39 is 5.97 Å². The van der Waals surface area contributed by atoms with E-state index in [0.29, 0.717) is 18.6 Å². The number of aryl methyl sites for hydroxylation is 1. The lowest BCUT2D eigenvalue weighted by molar-refractivity contribution is -0.139. The predicted molar refractivity (Wildman–Crippen MR) is 79.7 cm³/mol. The largest absolute Gasteiger partial charge is 0.480 e. The van der Waals surface area contributed by atoms with E-state index in [9.17, 15) is 9.18 Å². The third-order valence-electron chi connectivity index (χ3n) is 4.27. The second kappa shape index (κ2) is 7.00. The fraction of sp³-hybridized carbons (Fsp3) is 0.562. The molecule has 116 valence electrons. The molecule has 0 atom stereocenters. The lowest BCUT2D eigenvalue weighted by Crippen LogP contribution is -2.53. The number of aliphatic carboxylic acids is 1. The Kier molecular flexibility index (Phi) is 5.31. The number of benzene rings is 1. The van der Waals surface area contributed by atoms with Gasteiger partial charge in [0, 0.05) is 18.6 Å². The molecule has 1 fully saturated rings. The summed E-state index contributed by atoms with van der Waals surface area (Å²) < 4.78 is 13.2. The molecule has 21 heavy (non-hydrogen) atoms. The maximum Gasteiger partial charge on any atom is 0.317 e. The molecule has 4 nitrogen and oxygen atoms in total.